The molecule has 1 N–H and O–H groups in total. The molecule has 2 heterocycles. The minimum atomic E-state index is 0.211. The Morgan fingerprint density at radius 2 is 1.86 bits per heavy atom. The van der Waals surface area contributed by atoms with Crippen LogP contribution in [0.15, 0.2) is 36.5 Å². The maximum atomic E-state index is 12.3. The van der Waals surface area contributed by atoms with E-state index in [1.54, 1.807) is 0 Å². The van der Waals surface area contributed by atoms with Crippen LogP contribution in [0.4, 0.5) is 5.69 Å². The van der Waals surface area contributed by atoms with Gasteiger partial charge in [0.1, 0.15) is 0 Å². The molecule has 22 heavy (non-hydrogen) atoms. The van der Waals surface area contributed by atoms with Crippen molar-refractivity contribution in [3.05, 3.63) is 53.3 Å². The first kappa shape index (κ1) is 14.7. The number of anilines is 1. The fourth-order valence-electron chi connectivity index (χ4n) is 3.03. The molecule has 1 amide bonds. The molecule has 0 aliphatic carbocycles. The number of carbonyl (C=O) groups excluding carboxylic acids is 1. The summed E-state index contributed by atoms with van der Waals surface area (Å²) in [7, 11) is 0. The lowest BCUT2D eigenvalue weighted by Gasteiger charge is -2.37. The van der Waals surface area contributed by atoms with Gasteiger partial charge in [-0.25, -0.2) is 0 Å². The van der Waals surface area contributed by atoms with Crippen molar-refractivity contribution < 1.29 is 4.79 Å². The van der Waals surface area contributed by atoms with E-state index in [1.165, 1.54) is 16.8 Å². The second-order valence-corrected chi connectivity index (χ2v) is 5.96. The smallest absolute Gasteiger partial charge is 0.228 e. The van der Waals surface area contributed by atoms with E-state index < -0.39 is 0 Å². The third kappa shape index (κ3) is 3.01. The average molecular weight is 297 g/mol. The minimum absolute atomic E-state index is 0.211. The van der Waals surface area contributed by atoms with Crippen LogP contribution in [0.5, 0.6) is 0 Å². The van der Waals surface area contributed by atoms with Gasteiger partial charge < -0.3 is 14.8 Å². The van der Waals surface area contributed by atoms with E-state index in [1.807, 2.05) is 23.2 Å². The van der Waals surface area contributed by atoms with Gasteiger partial charge in [-0.2, -0.15) is 0 Å². The lowest BCUT2D eigenvalue weighted by Crippen LogP contribution is -2.49. The molecule has 1 aliphatic heterocycles. The lowest BCUT2D eigenvalue weighted by molar-refractivity contribution is -0.130. The van der Waals surface area contributed by atoms with Crippen LogP contribution in [0.25, 0.3) is 0 Å². The second kappa shape index (κ2) is 6.26. The number of hydrogen-bond donors (Lipinski definition) is 1. The maximum Gasteiger partial charge on any atom is 0.228 e. The Kier molecular flexibility index (Phi) is 4.18. The number of amides is 1. The number of carbonyl (C=O) groups is 1. The predicted molar refractivity (Wildman–Crippen MR) is 89.2 cm³/mol. The lowest BCUT2D eigenvalue weighted by atomic mass is 10.1. The fraction of sp³-hybridized carbons (Fsp3) is 0.389. The molecule has 0 bridgehead atoms. The molecule has 1 aliphatic rings. The average Bonchev–Trinajstić information content (AvgIpc) is 3.03. The summed E-state index contributed by atoms with van der Waals surface area (Å²) in [5, 5.41) is 0. The number of aromatic nitrogens is 1. The van der Waals surface area contributed by atoms with Crippen LogP contribution in [0.3, 0.4) is 0 Å². The SMILES string of the molecule is Cc1cccc(N2CCN(C(=O)Cc3ccc[nH]3)CC2)c1C. The predicted octanol–water partition coefficient (Wildman–Crippen LogP) is 2.52. The van der Waals surface area contributed by atoms with Crippen LogP contribution < -0.4 is 4.90 Å². The van der Waals surface area contributed by atoms with E-state index in [2.05, 4.69) is 41.9 Å². The molecule has 3 rings (SSSR count). The highest BCUT2D eigenvalue weighted by Gasteiger charge is 2.22. The van der Waals surface area contributed by atoms with E-state index in [9.17, 15) is 4.79 Å². The van der Waals surface area contributed by atoms with E-state index in [0.717, 1.165) is 31.9 Å². The van der Waals surface area contributed by atoms with Gasteiger partial charge in [0.2, 0.25) is 5.91 Å². The first-order valence-corrected chi connectivity index (χ1v) is 7.86. The highest BCUT2D eigenvalue weighted by molar-refractivity contribution is 5.78. The highest BCUT2D eigenvalue weighted by Crippen LogP contribution is 2.23. The number of piperazine rings is 1. The molecule has 4 nitrogen and oxygen atoms in total. The van der Waals surface area contributed by atoms with Gasteiger partial charge >= 0.3 is 0 Å². The van der Waals surface area contributed by atoms with Crippen LogP contribution in [0.1, 0.15) is 16.8 Å². The van der Waals surface area contributed by atoms with Crippen molar-refractivity contribution >= 4 is 11.6 Å². The summed E-state index contributed by atoms with van der Waals surface area (Å²) in [5.41, 5.74) is 4.95. The number of hydrogen-bond acceptors (Lipinski definition) is 2. The molecule has 1 saturated heterocycles. The van der Waals surface area contributed by atoms with Crippen LogP contribution >= 0.6 is 0 Å². The van der Waals surface area contributed by atoms with Gasteiger partial charge in [0.25, 0.3) is 0 Å². The molecule has 0 unspecified atom stereocenters. The Balaban J connectivity index is 1.60. The first-order chi connectivity index (χ1) is 10.6. The zero-order chi connectivity index (χ0) is 15.5. The van der Waals surface area contributed by atoms with E-state index in [-0.39, 0.29) is 5.91 Å². The van der Waals surface area contributed by atoms with Gasteiger partial charge in [-0.1, -0.05) is 12.1 Å². The second-order valence-electron chi connectivity index (χ2n) is 5.96. The molecule has 1 fully saturated rings. The Hall–Kier alpha value is -2.23. The number of aromatic amines is 1. The molecule has 2 aromatic rings. The third-order valence-corrected chi connectivity index (χ3v) is 4.55. The van der Waals surface area contributed by atoms with Gasteiger partial charge in [0, 0.05) is 43.8 Å². The standard InChI is InChI=1S/C18H23N3O/c1-14-5-3-7-17(15(14)2)20-9-11-21(12-10-20)18(22)13-16-6-4-8-19-16/h3-8,19H,9-13H2,1-2H3. The summed E-state index contributed by atoms with van der Waals surface area (Å²) >= 11 is 0. The summed E-state index contributed by atoms with van der Waals surface area (Å²) in [6.45, 7) is 7.73. The summed E-state index contributed by atoms with van der Waals surface area (Å²) in [4.78, 5) is 19.8. The van der Waals surface area contributed by atoms with Crippen LogP contribution in [0, 0.1) is 13.8 Å². The van der Waals surface area contributed by atoms with Crippen LogP contribution in [-0.2, 0) is 11.2 Å². The molecule has 0 atom stereocenters. The third-order valence-electron chi connectivity index (χ3n) is 4.55. The Morgan fingerprint density at radius 3 is 2.55 bits per heavy atom. The number of nitrogens with zero attached hydrogens (tertiary/aromatic N) is 2. The topological polar surface area (TPSA) is 39.3 Å². The number of benzene rings is 1. The van der Waals surface area contributed by atoms with Crippen molar-refractivity contribution in [3.8, 4) is 0 Å². The fourth-order valence-corrected chi connectivity index (χ4v) is 3.03. The minimum Gasteiger partial charge on any atom is -0.368 e. The van der Waals surface area contributed by atoms with Crippen LogP contribution in [0.2, 0.25) is 0 Å². The summed E-state index contributed by atoms with van der Waals surface area (Å²) in [6.07, 6.45) is 2.33. The Bertz CT molecular complexity index is 640. The Morgan fingerprint density at radius 1 is 1.09 bits per heavy atom. The molecule has 1 aromatic carbocycles. The van der Waals surface area contributed by atoms with E-state index in [0.29, 0.717) is 6.42 Å². The maximum absolute atomic E-state index is 12.3. The van der Waals surface area contributed by atoms with Gasteiger partial charge in [-0.15, -0.1) is 0 Å². The van der Waals surface area contributed by atoms with Gasteiger partial charge in [0.05, 0.1) is 6.42 Å². The summed E-state index contributed by atoms with van der Waals surface area (Å²) in [5.74, 6) is 0.211. The monoisotopic (exact) mass is 297 g/mol. The van der Waals surface area contributed by atoms with Crippen molar-refractivity contribution in [3.63, 3.8) is 0 Å². The number of aryl methyl sites for hydroxylation is 1. The van der Waals surface area contributed by atoms with Crippen molar-refractivity contribution in [2.45, 2.75) is 20.3 Å². The zero-order valence-electron chi connectivity index (χ0n) is 13.3. The van der Waals surface area contributed by atoms with Gasteiger partial charge in [-0.3, -0.25) is 4.79 Å². The highest BCUT2D eigenvalue weighted by atomic mass is 16.2. The summed E-state index contributed by atoms with van der Waals surface area (Å²) < 4.78 is 0. The molecule has 1 aromatic heterocycles. The first-order valence-electron chi connectivity index (χ1n) is 7.86. The molecule has 116 valence electrons. The number of H-pyrrole nitrogens is 1. The zero-order valence-corrected chi connectivity index (χ0v) is 13.3. The van der Waals surface area contributed by atoms with Gasteiger partial charge in [0.15, 0.2) is 0 Å². The molecule has 4 heteroatoms. The van der Waals surface area contributed by atoms with Gasteiger partial charge in [-0.05, 0) is 43.2 Å². The molecular weight excluding hydrogens is 274 g/mol. The van der Waals surface area contributed by atoms with Crippen molar-refractivity contribution in [2.24, 2.45) is 0 Å². The summed E-state index contributed by atoms with van der Waals surface area (Å²) in [6, 6.07) is 10.3. The quantitative estimate of drug-likeness (QED) is 0.945. The largest absolute Gasteiger partial charge is 0.368 e. The number of rotatable bonds is 3. The van der Waals surface area contributed by atoms with E-state index >= 15 is 0 Å². The number of nitrogens with one attached hydrogen (secondary N) is 1. The van der Waals surface area contributed by atoms with E-state index in [4.69, 9.17) is 0 Å². The molecule has 0 radical (unpaired) electrons. The Labute approximate surface area is 131 Å². The van der Waals surface area contributed by atoms with Crippen LogP contribution in [-0.4, -0.2) is 42.0 Å². The van der Waals surface area contributed by atoms with Crippen molar-refractivity contribution in [2.75, 3.05) is 31.1 Å². The molecular formula is C18H23N3O. The molecule has 0 spiro atoms. The van der Waals surface area contributed by atoms with Crippen molar-refractivity contribution in [1.29, 1.82) is 0 Å². The molecule has 0 saturated carbocycles. The normalized spacial score (nSPS) is 15.2. The van der Waals surface area contributed by atoms with Crippen molar-refractivity contribution in [1.82, 2.24) is 9.88 Å².